The molecular formula is C13H20O2. The van der Waals surface area contributed by atoms with Gasteiger partial charge < -0.3 is 4.74 Å². The van der Waals surface area contributed by atoms with Gasteiger partial charge in [-0.15, -0.1) is 0 Å². The smallest absolute Gasteiger partial charge is 0.148 e. The normalized spacial score (nSPS) is 39.5. The van der Waals surface area contributed by atoms with Crippen molar-refractivity contribution in [1.29, 1.82) is 0 Å². The Morgan fingerprint density at radius 2 is 2.33 bits per heavy atom. The second kappa shape index (κ2) is 4.09. The SMILES string of the molecule is CCOC1CCC2(CC)CC=CC1C2=O. The summed E-state index contributed by atoms with van der Waals surface area (Å²) < 4.78 is 5.66. The first-order chi connectivity index (χ1) is 7.23. The van der Waals surface area contributed by atoms with E-state index in [2.05, 4.69) is 19.1 Å². The molecule has 3 unspecified atom stereocenters. The fraction of sp³-hybridized carbons (Fsp3) is 0.769. The lowest BCUT2D eigenvalue weighted by Gasteiger charge is -2.43. The van der Waals surface area contributed by atoms with Crippen LogP contribution in [0.25, 0.3) is 0 Å². The van der Waals surface area contributed by atoms with E-state index in [1.54, 1.807) is 0 Å². The van der Waals surface area contributed by atoms with Gasteiger partial charge in [-0.05, 0) is 32.6 Å². The molecule has 1 fully saturated rings. The van der Waals surface area contributed by atoms with Gasteiger partial charge in [0.05, 0.1) is 12.0 Å². The molecule has 2 aliphatic rings. The van der Waals surface area contributed by atoms with Crippen LogP contribution in [-0.4, -0.2) is 18.5 Å². The van der Waals surface area contributed by atoms with Gasteiger partial charge in [0, 0.05) is 12.0 Å². The van der Waals surface area contributed by atoms with Crippen molar-refractivity contribution in [1.82, 2.24) is 0 Å². The molecule has 1 saturated carbocycles. The van der Waals surface area contributed by atoms with Crippen molar-refractivity contribution in [2.75, 3.05) is 6.61 Å². The monoisotopic (exact) mass is 208 g/mol. The number of ether oxygens (including phenoxy) is 1. The van der Waals surface area contributed by atoms with Crippen LogP contribution in [0.15, 0.2) is 12.2 Å². The van der Waals surface area contributed by atoms with Crippen LogP contribution in [0.1, 0.15) is 39.5 Å². The summed E-state index contributed by atoms with van der Waals surface area (Å²) in [6.07, 6.45) is 8.36. The Kier molecular flexibility index (Phi) is 2.96. The molecule has 0 heterocycles. The second-order valence-corrected chi connectivity index (χ2v) is 4.69. The molecule has 0 spiro atoms. The van der Waals surface area contributed by atoms with E-state index in [0.29, 0.717) is 12.4 Å². The number of rotatable bonds is 3. The Labute approximate surface area is 91.7 Å². The van der Waals surface area contributed by atoms with Crippen molar-refractivity contribution in [2.24, 2.45) is 11.3 Å². The summed E-state index contributed by atoms with van der Waals surface area (Å²) >= 11 is 0. The number of carbonyl (C=O) groups is 1. The molecule has 84 valence electrons. The number of Topliss-reactive ketones (excluding diaryl/α,β-unsaturated/α-hetero) is 1. The van der Waals surface area contributed by atoms with Crippen LogP contribution in [0, 0.1) is 11.3 Å². The van der Waals surface area contributed by atoms with E-state index in [-0.39, 0.29) is 17.4 Å². The van der Waals surface area contributed by atoms with Gasteiger partial charge in [-0.1, -0.05) is 19.1 Å². The zero-order valence-corrected chi connectivity index (χ0v) is 9.66. The van der Waals surface area contributed by atoms with E-state index < -0.39 is 0 Å². The van der Waals surface area contributed by atoms with Gasteiger partial charge in [-0.3, -0.25) is 4.79 Å². The lowest BCUT2D eigenvalue weighted by Crippen LogP contribution is -2.47. The van der Waals surface area contributed by atoms with Crippen molar-refractivity contribution in [3.63, 3.8) is 0 Å². The van der Waals surface area contributed by atoms with E-state index in [1.165, 1.54) is 0 Å². The molecule has 0 radical (unpaired) electrons. The third kappa shape index (κ3) is 1.65. The summed E-state index contributed by atoms with van der Waals surface area (Å²) in [5, 5.41) is 0. The maximum atomic E-state index is 12.3. The van der Waals surface area contributed by atoms with Crippen LogP contribution in [-0.2, 0) is 9.53 Å². The van der Waals surface area contributed by atoms with Crippen molar-refractivity contribution in [2.45, 2.75) is 45.6 Å². The molecule has 0 aromatic rings. The Bertz CT molecular complexity index is 282. The fourth-order valence-electron chi connectivity index (χ4n) is 2.99. The molecule has 0 N–H and O–H groups in total. The van der Waals surface area contributed by atoms with Gasteiger partial charge in [0.1, 0.15) is 5.78 Å². The van der Waals surface area contributed by atoms with E-state index >= 15 is 0 Å². The molecule has 0 amide bonds. The average Bonchev–Trinajstić information content (AvgIpc) is 2.23. The average molecular weight is 208 g/mol. The molecule has 2 rings (SSSR count). The van der Waals surface area contributed by atoms with Crippen molar-refractivity contribution in [3.8, 4) is 0 Å². The van der Waals surface area contributed by atoms with Gasteiger partial charge in [-0.2, -0.15) is 0 Å². The molecule has 2 nitrogen and oxygen atoms in total. The number of fused-ring (bicyclic) bond motifs is 2. The summed E-state index contributed by atoms with van der Waals surface area (Å²) in [6, 6.07) is 0. The summed E-state index contributed by atoms with van der Waals surface area (Å²) in [5.74, 6) is 0.463. The number of hydrogen-bond acceptors (Lipinski definition) is 2. The molecule has 0 aromatic carbocycles. The Hall–Kier alpha value is -0.630. The van der Waals surface area contributed by atoms with Gasteiger partial charge in [0.2, 0.25) is 0 Å². The summed E-state index contributed by atoms with van der Waals surface area (Å²) in [6.45, 7) is 4.84. The highest BCUT2D eigenvalue weighted by Gasteiger charge is 2.48. The standard InChI is InChI=1S/C13H20O2/c1-3-13-8-5-6-10(12(13)14)11(7-9-13)15-4-2/h5-6,10-11H,3-4,7-9H2,1-2H3. The number of carbonyl (C=O) groups excluding carboxylic acids is 1. The minimum absolute atomic E-state index is 0.0346. The van der Waals surface area contributed by atoms with Crippen LogP contribution >= 0.6 is 0 Å². The van der Waals surface area contributed by atoms with E-state index in [1.807, 2.05) is 6.92 Å². The minimum atomic E-state index is -0.0486. The maximum Gasteiger partial charge on any atom is 0.148 e. The molecule has 2 bridgehead atoms. The predicted octanol–water partition coefficient (Wildman–Crippen LogP) is 2.73. The highest BCUT2D eigenvalue weighted by atomic mass is 16.5. The Morgan fingerprint density at radius 3 is 3.00 bits per heavy atom. The largest absolute Gasteiger partial charge is 0.377 e. The van der Waals surface area contributed by atoms with E-state index in [9.17, 15) is 4.79 Å². The van der Waals surface area contributed by atoms with E-state index in [4.69, 9.17) is 4.74 Å². The lowest BCUT2D eigenvalue weighted by atomic mass is 9.61. The molecule has 0 saturated heterocycles. The van der Waals surface area contributed by atoms with Crippen LogP contribution < -0.4 is 0 Å². The fourth-order valence-corrected chi connectivity index (χ4v) is 2.99. The highest BCUT2D eigenvalue weighted by Crippen LogP contribution is 2.46. The second-order valence-electron chi connectivity index (χ2n) is 4.69. The quantitative estimate of drug-likeness (QED) is 0.667. The van der Waals surface area contributed by atoms with E-state index in [0.717, 1.165) is 25.7 Å². The lowest BCUT2D eigenvalue weighted by molar-refractivity contribution is -0.143. The molecule has 3 atom stereocenters. The first-order valence-corrected chi connectivity index (χ1v) is 6.06. The maximum absolute atomic E-state index is 12.3. The first-order valence-electron chi connectivity index (χ1n) is 6.06. The van der Waals surface area contributed by atoms with Crippen molar-refractivity contribution < 1.29 is 9.53 Å². The van der Waals surface area contributed by atoms with Gasteiger partial charge >= 0.3 is 0 Å². The third-order valence-electron chi connectivity index (χ3n) is 4.04. The van der Waals surface area contributed by atoms with Crippen LogP contribution in [0.5, 0.6) is 0 Å². The summed E-state index contributed by atoms with van der Waals surface area (Å²) in [5.41, 5.74) is -0.0486. The molecule has 0 aromatic heterocycles. The molecule has 2 aliphatic carbocycles. The van der Waals surface area contributed by atoms with Crippen molar-refractivity contribution in [3.05, 3.63) is 12.2 Å². The minimum Gasteiger partial charge on any atom is -0.377 e. The molecule has 0 aliphatic heterocycles. The van der Waals surface area contributed by atoms with Crippen molar-refractivity contribution >= 4 is 5.78 Å². The van der Waals surface area contributed by atoms with Gasteiger partial charge in [-0.25, -0.2) is 0 Å². The highest BCUT2D eigenvalue weighted by molar-refractivity contribution is 5.91. The van der Waals surface area contributed by atoms with Gasteiger partial charge in [0.25, 0.3) is 0 Å². The molecule has 15 heavy (non-hydrogen) atoms. The zero-order chi connectivity index (χ0) is 10.9. The Morgan fingerprint density at radius 1 is 1.53 bits per heavy atom. The topological polar surface area (TPSA) is 26.3 Å². The number of allylic oxidation sites excluding steroid dienone is 1. The third-order valence-corrected chi connectivity index (χ3v) is 4.04. The Balaban J connectivity index is 2.22. The van der Waals surface area contributed by atoms with Crippen LogP contribution in [0.2, 0.25) is 0 Å². The molecule has 2 heteroatoms. The number of hydrogen-bond donors (Lipinski definition) is 0. The van der Waals surface area contributed by atoms with Crippen LogP contribution in [0.3, 0.4) is 0 Å². The first kappa shape index (κ1) is 10.9. The van der Waals surface area contributed by atoms with Crippen LogP contribution in [0.4, 0.5) is 0 Å². The summed E-state index contributed by atoms with van der Waals surface area (Å²) in [7, 11) is 0. The zero-order valence-electron chi connectivity index (χ0n) is 9.66. The predicted molar refractivity (Wildman–Crippen MR) is 59.6 cm³/mol. The van der Waals surface area contributed by atoms with Gasteiger partial charge in [0.15, 0.2) is 0 Å². The molecular weight excluding hydrogens is 188 g/mol. The number of ketones is 1. The summed E-state index contributed by atoms with van der Waals surface area (Å²) in [4.78, 5) is 12.3.